The molecule has 8 heteroatoms. The van der Waals surface area contributed by atoms with Crippen LogP contribution in [0.1, 0.15) is 18.3 Å². The molecule has 23 heavy (non-hydrogen) atoms. The van der Waals surface area contributed by atoms with E-state index in [1.807, 2.05) is 36.8 Å². The van der Waals surface area contributed by atoms with Gasteiger partial charge in [0, 0.05) is 46.2 Å². The van der Waals surface area contributed by atoms with Gasteiger partial charge in [-0.2, -0.15) is 0 Å². The van der Waals surface area contributed by atoms with E-state index in [9.17, 15) is 4.79 Å². The molecule has 0 aromatic carbocycles. The van der Waals surface area contributed by atoms with Gasteiger partial charge in [-0.15, -0.1) is 0 Å². The largest absolute Gasteiger partial charge is 0.369 e. The fraction of sp³-hybridized carbons (Fsp3) is 0.467. The second-order valence-corrected chi connectivity index (χ2v) is 5.73. The molecule has 0 unspecified atom stereocenters. The molecule has 2 atom stereocenters. The van der Waals surface area contributed by atoms with Gasteiger partial charge >= 0.3 is 0 Å². The monoisotopic (exact) mass is 316 g/mol. The third-order valence-corrected chi connectivity index (χ3v) is 3.90. The molecule has 1 aliphatic rings. The van der Waals surface area contributed by atoms with Crippen molar-refractivity contribution in [3.63, 3.8) is 0 Å². The number of hydrogen-bond acceptors (Lipinski definition) is 6. The van der Waals surface area contributed by atoms with Crippen molar-refractivity contribution >= 4 is 17.5 Å². The van der Waals surface area contributed by atoms with Crippen molar-refractivity contribution in [2.45, 2.75) is 12.5 Å². The Hall–Kier alpha value is -2.48. The standard InChI is InChI=1S/C15H20N6O2/c1-20(2)12-8-11(17-9-18-12)19-15(22)10-4-7-23-13(10)14-16-5-6-21(14)3/h5-6,8-10,13H,4,7H2,1-3H3,(H,17,18,19,22)/t10-,13-/m1/s1. The molecule has 1 fully saturated rings. The molecule has 1 saturated heterocycles. The van der Waals surface area contributed by atoms with Crippen LogP contribution in [0.15, 0.2) is 24.8 Å². The van der Waals surface area contributed by atoms with Crippen LogP contribution in [0.4, 0.5) is 11.6 Å². The Balaban J connectivity index is 1.75. The lowest BCUT2D eigenvalue weighted by molar-refractivity contribution is -0.121. The first-order valence-electron chi connectivity index (χ1n) is 7.45. The maximum absolute atomic E-state index is 12.6. The number of aromatic nitrogens is 4. The summed E-state index contributed by atoms with van der Waals surface area (Å²) in [6.45, 7) is 0.544. The molecular formula is C15H20N6O2. The van der Waals surface area contributed by atoms with E-state index in [2.05, 4.69) is 20.3 Å². The first-order chi connectivity index (χ1) is 11.1. The molecule has 3 heterocycles. The van der Waals surface area contributed by atoms with Crippen LogP contribution in [0.2, 0.25) is 0 Å². The Morgan fingerprint density at radius 1 is 1.39 bits per heavy atom. The van der Waals surface area contributed by atoms with Crippen molar-refractivity contribution in [2.24, 2.45) is 13.0 Å². The van der Waals surface area contributed by atoms with Crippen LogP contribution in [0.5, 0.6) is 0 Å². The summed E-state index contributed by atoms with van der Waals surface area (Å²) < 4.78 is 7.61. The Bertz CT molecular complexity index is 699. The van der Waals surface area contributed by atoms with Crippen LogP contribution in [-0.2, 0) is 16.6 Å². The highest BCUT2D eigenvalue weighted by Crippen LogP contribution is 2.34. The molecule has 3 rings (SSSR count). The molecule has 0 spiro atoms. The van der Waals surface area contributed by atoms with Gasteiger partial charge in [-0.3, -0.25) is 4.79 Å². The van der Waals surface area contributed by atoms with E-state index >= 15 is 0 Å². The lowest BCUT2D eigenvalue weighted by Crippen LogP contribution is -2.27. The number of carbonyl (C=O) groups is 1. The van der Waals surface area contributed by atoms with E-state index in [0.29, 0.717) is 18.8 Å². The number of anilines is 2. The number of aryl methyl sites for hydroxylation is 1. The van der Waals surface area contributed by atoms with E-state index in [4.69, 9.17) is 4.74 Å². The second kappa shape index (κ2) is 6.33. The molecule has 0 radical (unpaired) electrons. The smallest absolute Gasteiger partial charge is 0.231 e. The van der Waals surface area contributed by atoms with Gasteiger partial charge < -0.3 is 19.5 Å². The SMILES string of the molecule is CN(C)c1cc(NC(=O)[C@@H]2CCO[C@H]2c2nccn2C)ncn1. The summed E-state index contributed by atoms with van der Waals surface area (Å²) in [5.41, 5.74) is 0. The maximum atomic E-state index is 12.6. The van der Waals surface area contributed by atoms with Gasteiger partial charge in [0.2, 0.25) is 5.91 Å². The Kier molecular flexibility index (Phi) is 4.24. The highest BCUT2D eigenvalue weighted by molar-refractivity contribution is 5.92. The van der Waals surface area contributed by atoms with Crippen molar-refractivity contribution < 1.29 is 9.53 Å². The van der Waals surface area contributed by atoms with E-state index in [1.165, 1.54) is 6.33 Å². The zero-order valence-electron chi connectivity index (χ0n) is 13.4. The molecule has 0 bridgehead atoms. The number of carbonyl (C=O) groups excluding carboxylic acids is 1. The van der Waals surface area contributed by atoms with Gasteiger partial charge in [0.15, 0.2) is 0 Å². The lowest BCUT2D eigenvalue weighted by Gasteiger charge is -2.18. The minimum Gasteiger partial charge on any atom is -0.369 e. The van der Waals surface area contributed by atoms with Gasteiger partial charge in [0.25, 0.3) is 0 Å². The highest BCUT2D eigenvalue weighted by Gasteiger charge is 2.37. The first-order valence-corrected chi connectivity index (χ1v) is 7.45. The van der Waals surface area contributed by atoms with Crippen LogP contribution >= 0.6 is 0 Å². The van der Waals surface area contributed by atoms with Crippen LogP contribution in [0, 0.1) is 5.92 Å². The Morgan fingerprint density at radius 3 is 2.91 bits per heavy atom. The molecule has 2 aromatic rings. The van der Waals surface area contributed by atoms with Crippen molar-refractivity contribution in [1.82, 2.24) is 19.5 Å². The molecular weight excluding hydrogens is 296 g/mol. The predicted octanol–water partition coefficient (Wildman–Crippen LogP) is 0.992. The lowest BCUT2D eigenvalue weighted by atomic mass is 10.00. The average molecular weight is 316 g/mol. The molecule has 8 nitrogen and oxygen atoms in total. The summed E-state index contributed by atoms with van der Waals surface area (Å²) in [5.74, 6) is 1.59. The molecule has 122 valence electrons. The minimum atomic E-state index is -0.329. The number of hydrogen-bond donors (Lipinski definition) is 1. The van der Waals surface area contributed by atoms with Crippen molar-refractivity contribution in [3.8, 4) is 0 Å². The summed E-state index contributed by atoms with van der Waals surface area (Å²) in [5, 5.41) is 2.86. The normalized spacial score (nSPS) is 20.5. The van der Waals surface area contributed by atoms with Crippen LogP contribution < -0.4 is 10.2 Å². The average Bonchev–Trinajstić information content (AvgIpc) is 3.15. The number of nitrogens with zero attached hydrogens (tertiary/aromatic N) is 5. The van der Waals surface area contributed by atoms with Gasteiger partial charge in [-0.05, 0) is 6.42 Å². The van der Waals surface area contributed by atoms with Crippen molar-refractivity contribution in [1.29, 1.82) is 0 Å². The Labute approximate surface area is 134 Å². The number of imidazole rings is 1. The third-order valence-electron chi connectivity index (χ3n) is 3.90. The zero-order chi connectivity index (χ0) is 16.4. The van der Waals surface area contributed by atoms with Gasteiger partial charge in [-0.25, -0.2) is 15.0 Å². The third kappa shape index (κ3) is 3.16. The van der Waals surface area contributed by atoms with Crippen LogP contribution in [0.25, 0.3) is 0 Å². The summed E-state index contributed by atoms with van der Waals surface area (Å²) >= 11 is 0. The second-order valence-electron chi connectivity index (χ2n) is 5.73. The molecule has 0 saturated carbocycles. The van der Waals surface area contributed by atoms with Crippen molar-refractivity contribution in [3.05, 3.63) is 30.6 Å². The predicted molar refractivity (Wildman–Crippen MR) is 85.0 cm³/mol. The first kappa shape index (κ1) is 15.4. The summed E-state index contributed by atoms with van der Waals surface area (Å²) in [6, 6.07) is 1.74. The molecule has 2 aromatic heterocycles. The quantitative estimate of drug-likeness (QED) is 0.905. The number of amides is 1. The number of ether oxygens (including phenoxy) is 1. The number of nitrogens with one attached hydrogen (secondary N) is 1. The van der Waals surface area contributed by atoms with Gasteiger partial charge in [-0.1, -0.05) is 0 Å². The summed E-state index contributed by atoms with van der Waals surface area (Å²) in [7, 11) is 5.67. The van der Waals surface area contributed by atoms with Gasteiger partial charge in [0.05, 0.1) is 5.92 Å². The zero-order valence-corrected chi connectivity index (χ0v) is 13.4. The highest BCUT2D eigenvalue weighted by atomic mass is 16.5. The fourth-order valence-corrected chi connectivity index (χ4v) is 2.64. The topological polar surface area (TPSA) is 85.2 Å². The van der Waals surface area contributed by atoms with E-state index in [1.54, 1.807) is 12.3 Å². The van der Waals surface area contributed by atoms with Crippen LogP contribution in [0.3, 0.4) is 0 Å². The van der Waals surface area contributed by atoms with Gasteiger partial charge in [0.1, 0.15) is 29.9 Å². The van der Waals surface area contributed by atoms with E-state index in [-0.39, 0.29) is 17.9 Å². The van der Waals surface area contributed by atoms with Crippen LogP contribution in [-0.4, -0.2) is 46.1 Å². The molecule has 1 amide bonds. The molecule has 1 aliphatic heterocycles. The molecule has 0 aliphatic carbocycles. The summed E-state index contributed by atoms with van der Waals surface area (Å²) in [6.07, 6.45) is 5.33. The minimum absolute atomic E-state index is 0.112. The molecule has 1 N–H and O–H groups in total. The summed E-state index contributed by atoms with van der Waals surface area (Å²) in [4.78, 5) is 27.0. The van der Waals surface area contributed by atoms with E-state index < -0.39 is 0 Å². The Morgan fingerprint density at radius 2 is 2.22 bits per heavy atom. The van der Waals surface area contributed by atoms with Crippen molar-refractivity contribution in [2.75, 3.05) is 30.9 Å². The fourth-order valence-electron chi connectivity index (χ4n) is 2.64. The number of rotatable bonds is 4. The van der Waals surface area contributed by atoms with E-state index in [0.717, 1.165) is 11.6 Å². The maximum Gasteiger partial charge on any atom is 0.231 e.